The fourth-order valence-electron chi connectivity index (χ4n) is 3.06. The van der Waals surface area contributed by atoms with Crippen LogP contribution in [-0.2, 0) is 4.79 Å². The van der Waals surface area contributed by atoms with Gasteiger partial charge in [0, 0.05) is 25.6 Å². The molecule has 0 atom stereocenters. The molecule has 0 radical (unpaired) electrons. The molecule has 0 aromatic heterocycles. The van der Waals surface area contributed by atoms with Crippen LogP contribution < -0.4 is 5.32 Å². The fraction of sp³-hybridized carbons (Fsp3) is 0.579. The number of piperidine rings is 1. The number of nitrogens with one attached hydrogen (secondary N) is 1. The molecule has 1 aliphatic rings. The van der Waals surface area contributed by atoms with Gasteiger partial charge in [-0.3, -0.25) is 9.59 Å². The van der Waals surface area contributed by atoms with Crippen LogP contribution in [0.25, 0.3) is 0 Å². The number of nitrogens with zero attached hydrogens (tertiary/aromatic N) is 1. The Balaban J connectivity index is 1.76. The molecule has 24 heavy (non-hydrogen) atoms. The minimum absolute atomic E-state index is 0.0199. The van der Waals surface area contributed by atoms with Crippen molar-refractivity contribution in [2.24, 2.45) is 5.92 Å². The first kappa shape index (κ1) is 18.8. The van der Waals surface area contributed by atoms with Gasteiger partial charge in [0.25, 0.3) is 5.91 Å². The van der Waals surface area contributed by atoms with Crippen molar-refractivity contribution in [3.8, 4) is 0 Å². The van der Waals surface area contributed by atoms with E-state index in [0.717, 1.165) is 25.8 Å². The van der Waals surface area contributed by atoms with E-state index in [4.69, 9.17) is 11.6 Å². The van der Waals surface area contributed by atoms with Crippen molar-refractivity contribution in [2.75, 3.05) is 19.6 Å². The first-order valence-electron chi connectivity index (χ1n) is 8.95. The lowest BCUT2D eigenvalue weighted by atomic mass is 9.95. The second kappa shape index (κ2) is 9.67. The SMILES string of the molecule is CCCCCCNC(=O)C1CCN(C(=O)c2ccccc2Cl)CC1. The van der Waals surface area contributed by atoms with Crippen LogP contribution in [0.1, 0.15) is 55.8 Å². The number of hydrogen-bond donors (Lipinski definition) is 1. The summed E-state index contributed by atoms with van der Waals surface area (Å²) in [6.45, 7) is 4.16. The van der Waals surface area contributed by atoms with Crippen LogP contribution in [0.5, 0.6) is 0 Å². The number of carbonyl (C=O) groups excluding carboxylic acids is 2. The lowest BCUT2D eigenvalue weighted by Gasteiger charge is -2.31. The van der Waals surface area contributed by atoms with Crippen LogP contribution in [0.2, 0.25) is 5.02 Å². The zero-order valence-corrected chi connectivity index (χ0v) is 15.1. The Kier molecular flexibility index (Phi) is 7.57. The van der Waals surface area contributed by atoms with Crippen LogP contribution in [0, 0.1) is 5.92 Å². The lowest BCUT2D eigenvalue weighted by Crippen LogP contribution is -2.43. The molecular formula is C19H27ClN2O2. The molecule has 2 rings (SSSR count). The predicted octanol–water partition coefficient (Wildman–Crippen LogP) is 3.89. The van der Waals surface area contributed by atoms with Gasteiger partial charge in [0.1, 0.15) is 0 Å². The van der Waals surface area contributed by atoms with E-state index in [1.807, 2.05) is 12.1 Å². The van der Waals surface area contributed by atoms with E-state index in [9.17, 15) is 9.59 Å². The van der Waals surface area contributed by atoms with Gasteiger partial charge in [0.05, 0.1) is 10.6 Å². The molecular weight excluding hydrogens is 324 g/mol. The Morgan fingerprint density at radius 3 is 2.54 bits per heavy atom. The van der Waals surface area contributed by atoms with E-state index in [2.05, 4.69) is 12.2 Å². The molecule has 1 saturated heterocycles. The number of amides is 2. The maximum Gasteiger partial charge on any atom is 0.255 e. The fourth-order valence-corrected chi connectivity index (χ4v) is 3.27. The normalized spacial score (nSPS) is 15.3. The third kappa shape index (κ3) is 5.23. The van der Waals surface area contributed by atoms with E-state index >= 15 is 0 Å². The van der Waals surface area contributed by atoms with Gasteiger partial charge in [0.15, 0.2) is 0 Å². The summed E-state index contributed by atoms with van der Waals surface area (Å²) in [4.78, 5) is 26.5. The highest BCUT2D eigenvalue weighted by Gasteiger charge is 2.28. The van der Waals surface area contributed by atoms with Gasteiger partial charge < -0.3 is 10.2 Å². The van der Waals surface area contributed by atoms with E-state index < -0.39 is 0 Å². The summed E-state index contributed by atoms with van der Waals surface area (Å²) in [5.41, 5.74) is 0.540. The molecule has 1 aromatic rings. The molecule has 4 nitrogen and oxygen atoms in total. The first-order chi connectivity index (χ1) is 11.6. The van der Waals surface area contributed by atoms with Crippen molar-refractivity contribution in [1.82, 2.24) is 10.2 Å². The molecule has 0 unspecified atom stereocenters. The van der Waals surface area contributed by atoms with Crippen LogP contribution in [-0.4, -0.2) is 36.3 Å². The number of rotatable bonds is 7. The summed E-state index contributed by atoms with van der Waals surface area (Å²) in [5, 5.41) is 3.51. The Labute approximate surface area is 149 Å². The number of carbonyl (C=O) groups is 2. The summed E-state index contributed by atoms with van der Waals surface area (Å²) < 4.78 is 0. The Morgan fingerprint density at radius 1 is 1.17 bits per heavy atom. The van der Waals surface area contributed by atoms with E-state index in [1.165, 1.54) is 19.3 Å². The summed E-state index contributed by atoms with van der Waals surface area (Å²) in [5.74, 6) is 0.113. The number of likely N-dealkylation sites (tertiary alicyclic amines) is 1. The molecule has 5 heteroatoms. The van der Waals surface area contributed by atoms with Crippen molar-refractivity contribution < 1.29 is 9.59 Å². The molecule has 0 saturated carbocycles. The number of hydrogen-bond acceptors (Lipinski definition) is 2. The average Bonchev–Trinajstić information content (AvgIpc) is 2.61. The van der Waals surface area contributed by atoms with Crippen molar-refractivity contribution >= 4 is 23.4 Å². The maximum absolute atomic E-state index is 12.5. The van der Waals surface area contributed by atoms with Gasteiger partial charge >= 0.3 is 0 Å². The van der Waals surface area contributed by atoms with Gasteiger partial charge in [-0.05, 0) is 31.4 Å². The molecule has 2 amide bonds. The van der Waals surface area contributed by atoms with Crippen molar-refractivity contribution in [2.45, 2.75) is 45.4 Å². The molecule has 1 aromatic carbocycles. The van der Waals surface area contributed by atoms with Crippen molar-refractivity contribution in [3.63, 3.8) is 0 Å². The summed E-state index contributed by atoms with van der Waals surface area (Å²) in [6, 6.07) is 7.11. The van der Waals surface area contributed by atoms with E-state index in [0.29, 0.717) is 23.7 Å². The van der Waals surface area contributed by atoms with Crippen molar-refractivity contribution in [3.05, 3.63) is 34.9 Å². The number of unbranched alkanes of at least 4 members (excludes halogenated alkanes) is 3. The highest BCUT2D eigenvalue weighted by molar-refractivity contribution is 6.33. The number of halogens is 1. The molecule has 0 bridgehead atoms. The lowest BCUT2D eigenvalue weighted by molar-refractivity contribution is -0.126. The molecule has 132 valence electrons. The smallest absolute Gasteiger partial charge is 0.255 e. The molecule has 1 N–H and O–H groups in total. The summed E-state index contributed by atoms with van der Waals surface area (Å²) in [7, 11) is 0. The van der Waals surface area contributed by atoms with Gasteiger partial charge in [0.2, 0.25) is 5.91 Å². The molecule has 0 aliphatic carbocycles. The molecule has 0 spiro atoms. The topological polar surface area (TPSA) is 49.4 Å². The van der Waals surface area contributed by atoms with Gasteiger partial charge in [-0.25, -0.2) is 0 Å². The Hall–Kier alpha value is -1.55. The quantitative estimate of drug-likeness (QED) is 0.758. The third-order valence-electron chi connectivity index (χ3n) is 4.59. The third-order valence-corrected chi connectivity index (χ3v) is 4.92. The zero-order valence-electron chi connectivity index (χ0n) is 14.4. The minimum atomic E-state index is -0.0426. The van der Waals surface area contributed by atoms with Gasteiger partial charge in [-0.1, -0.05) is 49.9 Å². The minimum Gasteiger partial charge on any atom is -0.356 e. The highest BCUT2D eigenvalue weighted by Crippen LogP contribution is 2.22. The average molecular weight is 351 g/mol. The second-order valence-electron chi connectivity index (χ2n) is 6.40. The van der Waals surface area contributed by atoms with Crippen LogP contribution >= 0.6 is 11.6 Å². The van der Waals surface area contributed by atoms with Crippen molar-refractivity contribution in [1.29, 1.82) is 0 Å². The first-order valence-corrected chi connectivity index (χ1v) is 9.32. The number of benzene rings is 1. The summed E-state index contributed by atoms with van der Waals surface area (Å²) in [6.07, 6.45) is 6.07. The maximum atomic E-state index is 12.5. The Bertz CT molecular complexity index is 554. The molecule has 1 aliphatic heterocycles. The second-order valence-corrected chi connectivity index (χ2v) is 6.81. The van der Waals surface area contributed by atoms with Gasteiger partial charge in [-0.2, -0.15) is 0 Å². The molecule has 1 fully saturated rings. The van der Waals surface area contributed by atoms with E-state index in [-0.39, 0.29) is 17.7 Å². The molecule has 1 heterocycles. The monoisotopic (exact) mass is 350 g/mol. The standard InChI is InChI=1S/C19H27ClN2O2/c1-2-3-4-7-12-21-18(23)15-10-13-22(14-11-15)19(24)16-8-5-6-9-17(16)20/h5-6,8-9,15H,2-4,7,10-14H2,1H3,(H,21,23). The van der Waals surface area contributed by atoms with Gasteiger partial charge in [-0.15, -0.1) is 0 Å². The van der Waals surface area contributed by atoms with Crippen LogP contribution in [0.4, 0.5) is 0 Å². The summed E-state index contributed by atoms with van der Waals surface area (Å²) >= 11 is 6.10. The Morgan fingerprint density at radius 2 is 1.88 bits per heavy atom. The zero-order chi connectivity index (χ0) is 17.4. The van der Waals surface area contributed by atoms with Crippen LogP contribution in [0.3, 0.4) is 0 Å². The predicted molar refractivity (Wildman–Crippen MR) is 97.2 cm³/mol. The largest absolute Gasteiger partial charge is 0.356 e. The van der Waals surface area contributed by atoms with E-state index in [1.54, 1.807) is 17.0 Å². The highest BCUT2D eigenvalue weighted by atomic mass is 35.5. The van der Waals surface area contributed by atoms with Crippen LogP contribution in [0.15, 0.2) is 24.3 Å².